The van der Waals surface area contributed by atoms with Crippen molar-refractivity contribution >= 4 is 11.8 Å². The fraction of sp³-hybridized carbons (Fsp3) is 0.238. The number of thioether (sulfide) groups is 1. The van der Waals surface area contributed by atoms with Crippen LogP contribution in [-0.2, 0) is 5.75 Å². The lowest BCUT2D eigenvalue weighted by molar-refractivity contribution is 0.426. The van der Waals surface area contributed by atoms with E-state index in [1.54, 1.807) is 16.8 Å². The van der Waals surface area contributed by atoms with Crippen molar-refractivity contribution in [2.24, 2.45) is 0 Å². The molecular formula is C21H20FN5OS. The van der Waals surface area contributed by atoms with Crippen molar-refractivity contribution in [3.05, 3.63) is 71.2 Å². The summed E-state index contributed by atoms with van der Waals surface area (Å²) < 4.78 is 20.4. The molecule has 148 valence electrons. The molecule has 29 heavy (non-hydrogen) atoms. The normalized spacial score (nSPS) is 11.3. The summed E-state index contributed by atoms with van der Waals surface area (Å²) in [6, 6.07) is 14.4. The number of nitrogens with zero attached hydrogens (tertiary/aromatic N) is 5. The van der Waals surface area contributed by atoms with Crippen LogP contribution in [0.1, 0.15) is 36.6 Å². The van der Waals surface area contributed by atoms with Crippen LogP contribution in [-0.4, -0.2) is 25.4 Å². The van der Waals surface area contributed by atoms with Crippen LogP contribution in [0.4, 0.5) is 4.39 Å². The van der Waals surface area contributed by atoms with E-state index < -0.39 is 0 Å². The van der Waals surface area contributed by atoms with Crippen molar-refractivity contribution in [3.8, 4) is 17.0 Å². The van der Waals surface area contributed by atoms with Crippen LogP contribution in [0.25, 0.3) is 17.0 Å². The van der Waals surface area contributed by atoms with Gasteiger partial charge in [-0.15, -0.1) is 5.10 Å². The SMILES string of the molecule is Cc1c(CSc2nnnn2-c2ccc(C(C)C)cc2)noc1-c1ccc(F)cc1. The highest BCUT2D eigenvalue weighted by Gasteiger charge is 2.16. The first-order valence-electron chi connectivity index (χ1n) is 9.25. The Morgan fingerprint density at radius 2 is 1.79 bits per heavy atom. The van der Waals surface area contributed by atoms with Crippen LogP contribution in [0.2, 0.25) is 0 Å². The molecule has 0 unspecified atom stereocenters. The number of benzene rings is 2. The summed E-state index contributed by atoms with van der Waals surface area (Å²) in [4.78, 5) is 0. The second-order valence-corrected chi connectivity index (χ2v) is 7.94. The molecule has 0 aliphatic carbocycles. The molecule has 2 aromatic carbocycles. The first kappa shape index (κ1) is 19.3. The van der Waals surface area contributed by atoms with Gasteiger partial charge in [-0.25, -0.2) is 4.39 Å². The molecule has 0 saturated carbocycles. The highest BCUT2D eigenvalue weighted by molar-refractivity contribution is 7.98. The number of halogens is 1. The summed E-state index contributed by atoms with van der Waals surface area (Å²) in [5.41, 5.74) is 4.69. The summed E-state index contributed by atoms with van der Waals surface area (Å²) in [5.74, 6) is 1.39. The Kier molecular flexibility index (Phi) is 5.44. The number of tetrazole rings is 1. The zero-order valence-electron chi connectivity index (χ0n) is 16.3. The van der Waals surface area contributed by atoms with Crippen LogP contribution in [0.15, 0.2) is 58.2 Å². The Bertz CT molecular complexity index is 1100. The molecule has 0 aliphatic rings. The first-order valence-corrected chi connectivity index (χ1v) is 10.2. The molecule has 0 N–H and O–H groups in total. The van der Waals surface area contributed by atoms with Gasteiger partial charge in [0.1, 0.15) is 5.82 Å². The van der Waals surface area contributed by atoms with E-state index in [9.17, 15) is 4.39 Å². The lowest BCUT2D eigenvalue weighted by Crippen LogP contribution is -2.00. The highest BCUT2D eigenvalue weighted by Crippen LogP contribution is 2.30. The van der Waals surface area contributed by atoms with Crippen molar-refractivity contribution in [2.75, 3.05) is 0 Å². The van der Waals surface area contributed by atoms with Gasteiger partial charge in [0.15, 0.2) is 5.76 Å². The number of aromatic nitrogens is 5. The largest absolute Gasteiger partial charge is 0.356 e. The van der Waals surface area contributed by atoms with Gasteiger partial charge in [-0.3, -0.25) is 0 Å². The topological polar surface area (TPSA) is 69.6 Å². The van der Waals surface area contributed by atoms with Crippen LogP contribution < -0.4 is 0 Å². The van der Waals surface area contributed by atoms with Crippen molar-refractivity contribution in [2.45, 2.75) is 37.6 Å². The lowest BCUT2D eigenvalue weighted by atomic mass is 10.0. The van der Waals surface area contributed by atoms with E-state index in [2.05, 4.69) is 46.7 Å². The monoisotopic (exact) mass is 409 g/mol. The average molecular weight is 409 g/mol. The molecule has 4 rings (SSSR count). The Morgan fingerprint density at radius 3 is 2.48 bits per heavy atom. The average Bonchev–Trinajstić information content (AvgIpc) is 3.34. The third-order valence-corrected chi connectivity index (χ3v) is 5.64. The van der Waals surface area contributed by atoms with Crippen molar-refractivity contribution < 1.29 is 8.91 Å². The summed E-state index contributed by atoms with van der Waals surface area (Å²) in [6.45, 7) is 6.26. The van der Waals surface area contributed by atoms with E-state index in [0.717, 1.165) is 22.5 Å². The van der Waals surface area contributed by atoms with E-state index in [0.29, 0.717) is 22.6 Å². The van der Waals surface area contributed by atoms with E-state index in [4.69, 9.17) is 4.52 Å². The van der Waals surface area contributed by atoms with Gasteiger partial charge in [0.05, 0.1) is 11.4 Å². The Hall–Kier alpha value is -3.00. The zero-order valence-corrected chi connectivity index (χ0v) is 17.2. The maximum Gasteiger partial charge on any atom is 0.214 e. The van der Waals surface area contributed by atoms with Gasteiger partial charge in [0.25, 0.3) is 0 Å². The molecule has 0 aliphatic heterocycles. The van der Waals surface area contributed by atoms with Gasteiger partial charge in [-0.2, -0.15) is 4.68 Å². The predicted molar refractivity (Wildman–Crippen MR) is 109 cm³/mol. The van der Waals surface area contributed by atoms with Gasteiger partial charge in [-0.05, 0) is 65.2 Å². The molecule has 2 aromatic heterocycles. The molecule has 0 bridgehead atoms. The predicted octanol–water partition coefficient (Wildman–Crippen LogP) is 5.18. The molecule has 0 radical (unpaired) electrons. The Morgan fingerprint density at radius 1 is 1.07 bits per heavy atom. The smallest absolute Gasteiger partial charge is 0.214 e. The second kappa shape index (κ2) is 8.16. The molecule has 8 heteroatoms. The summed E-state index contributed by atoms with van der Waals surface area (Å²) in [7, 11) is 0. The van der Waals surface area contributed by atoms with Gasteiger partial charge >= 0.3 is 0 Å². The maximum atomic E-state index is 13.2. The molecule has 6 nitrogen and oxygen atoms in total. The van der Waals surface area contributed by atoms with Crippen LogP contribution >= 0.6 is 11.8 Å². The van der Waals surface area contributed by atoms with Crippen LogP contribution in [0.3, 0.4) is 0 Å². The second-order valence-electron chi connectivity index (χ2n) is 7.00. The number of hydrogen-bond acceptors (Lipinski definition) is 6. The van der Waals surface area contributed by atoms with Crippen LogP contribution in [0, 0.1) is 12.7 Å². The minimum absolute atomic E-state index is 0.282. The van der Waals surface area contributed by atoms with Gasteiger partial charge in [-0.1, -0.05) is 42.9 Å². The van der Waals surface area contributed by atoms with Crippen LogP contribution in [0.5, 0.6) is 0 Å². The van der Waals surface area contributed by atoms with E-state index in [1.165, 1.54) is 29.5 Å². The third-order valence-electron chi connectivity index (χ3n) is 4.71. The zero-order chi connectivity index (χ0) is 20.4. The van der Waals surface area contributed by atoms with E-state index >= 15 is 0 Å². The van der Waals surface area contributed by atoms with Gasteiger partial charge in [0.2, 0.25) is 5.16 Å². The van der Waals surface area contributed by atoms with E-state index in [-0.39, 0.29) is 5.82 Å². The van der Waals surface area contributed by atoms with Crippen molar-refractivity contribution in [1.82, 2.24) is 25.4 Å². The molecular weight excluding hydrogens is 389 g/mol. The number of hydrogen-bond donors (Lipinski definition) is 0. The standard InChI is InChI=1S/C21H20FN5OS/c1-13(2)15-6-10-18(11-7-15)27-21(23-25-26-27)29-12-19-14(3)20(28-24-19)16-4-8-17(22)9-5-16/h4-11,13H,12H2,1-3H3. The molecule has 0 fully saturated rings. The third kappa shape index (κ3) is 4.07. The van der Waals surface area contributed by atoms with Gasteiger partial charge < -0.3 is 4.52 Å². The quantitative estimate of drug-likeness (QED) is 0.409. The molecule has 0 spiro atoms. The molecule has 0 amide bonds. The summed E-state index contributed by atoms with van der Waals surface area (Å²) in [6.07, 6.45) is 0. The molecule has 0 saturated heterocycles. The maximum absolute atomic E-state index is 13.2. The summed E-state index contributed by atoms with van der Waals surface area (Å²) in [5, 5.41) is 16.9. The first-order chi connectivity index (χ1) is 14.0. The van der Waals surface area contributed by atoms with Crippen molar-refractivity contribution in [3.63, 3.8) is 0 Å². The number of rotatable bonds is 6. The summed E-state index contributed by atoms with van der Waals surface area (Å²) >= 11 is 1.48. The Labute approximate surface area is 172 Å². The minimum atomic E-state index is -0.282. The fourth-order valence-electron chi connectivity index (χ4n) is 2.94. The molecule has 2 heterocycles. The van der Waals surface area contributed by atoms with E-state index in [1.807, 2.05) is 19.1 Å². The molecule has 4 aromatic rings. The molecule has 0 atom stereocenters. The Balaban J connectivity index is 1.51. The van der Waals surface area contributed by atoms with Gasteiger partial charge in [0, 0.05) is 16.9 Å². The van der Waals surface area contributed by atoms with Crippen molar-refractivity contribution in [1.29, 1.82) is 0 Å². The lowest BCUT2D eigenvalue weighted by Gasteiger charge is -2.07. The minimum Gasteiger partial charge on any atom is -0.356 e. The highest BCUT2D eigenvalue weighted by atomic mass is 32.2. The fourth-order valence-corrected chi connectivity index (χ4v) is 3.83.